The van der Waals surface area contributed by atoms with Crippen molar-refractivity contribution in [2.24, 2.45) is 0 Å². The summed E-state index contributed by atoms with van der Waals surface area (Å²) in [5, 5.41) is 7.70. The van der Waals surface area contributed by atoms with Crippen molar-refractivity contribution in [2.45, 2.75) is 0 Å². The van der Waals surface area contributed by atoms with Crippen molar-refractivity contribution < 1.29 is 4.42 Å². The van der Waals surface area contributed by atoms with Gasteiger partial charge in [0.25, 0.3) is 0 Å². The summed E-state index contributed by atoms with van der Waals surface area (Å²) < 4.78 is 5.10. The predicted octanol–water partition coefficient (Wildman–Crippen LogP) is 4.13. The molecule has 2 nitrogen and oxygen atoms in total. The van der Waals surface area contributed by atoms with E-state index in [2.05, 4.69) is 36.4 Å². The molecule has 4 aromatic carbocycles. The first-order valence-corrected chi connectivity index (χ1v) is 6.26. The molecule has 0 saturated carbocycles. The first-order valence-electron chi connectivity index (χ1n) is 6.26. The Morgan fingerprint density at radius 1 is 0.737 bits per heavy atom. The Balaban J connectivity index is 2.27. The first-order chi connectivity index (χ1) is 9.33. The van der Waals surface area contributed by atoms with Gasteiger partial charge in [-0.05, 0) is 33.0 Å². The topological polar surface area (TPSA) is 30.2 Å². The Kier molecular flexibility index (Phi) is 1.40. The number of fused-ring (bicyclic) bond motifs is 2. The Bertz CT molecular complexity index is 1100. The molecule has 0 radical (unpaired) electrons. The average molecular weight is 244 g/mol. The lowest BCUT2D eigenvalue weighted by Crippen LogP contribution is -2.05. The molecule has 5 rings (SSSR count). The second-order valence-electron chi connectivity index (χ2n) is 5.00. The summed E-state index contributed by atoms with van der Waals surface area (Å²) in [4.78, 5) is 11.6. The van der Waals surface area contributed by atoms with Crippen molar-refractivity contribution in [3.8, 4) is 0 Å². The molecule has 0 saturated heterocycles. The van der Waals surface area contributed by atoms with Crippen molar-refractivity contribution in [2.75, 3.05) is 0 Å². The average Bonchev–Trinajstić information content (AvgIpc) is 2.43. The molecule has 0 aliphatic rings. The third-order valence-corrected chi connectivity index (χ3v) is 4.02. The van der Waals surface area contributed by atoms with Crippen LogP contribution in [-0.2, 0) is 0 Å². The molecule has 2 heteroatoms. The zero-order valence-corrected chi connectivity index (χ0v) is 9.94. The maximum absolute atomic E-state index is 11.6. The van der Waals surface area contributed by atoms with Crippen LogP contribution in [0.15, 0.2) is 57.7 Å². The van der Waals surface area contributed by atoms with E-state index >= 15 is 0 Å². The Hall–Kier alpha value is -2.61. The fraction of sp³-hybridized carbons (Fsp3) is 0. The highest BCUT2D eigenvalue weighted by atomic mass is 16.4. The van der Waals surface area contributed by atoms with Gasteiger partial charge in [-0.1, -0.05) is 42.5 Å². The molecule has 0 spiro atoms. The van der Waals surface area contributed by atoms with Crippen LogP contribution in [0.2, 0.25) is 0 Å². The third kappa shape index (κ3) is 0.968. The lowest BCUT2D eigenvalue weighted by atomic mass is 9.92. The van der Waals surface area contributed by atoms with E-state index in [0.717, 1.165) is 16.2 Å². The highest BCUT2D eigenvalue weighted by Gasteiger charge is 2.16. The molecule has 0 bridgehead atoms. The molecule has 0 N–H and O–H groups in total. The fourth-order valence-corrected chi connectivity index (χ4v) is 3.18. The number of benzene rings is 4. The quantitative estimate of drug-likeness (QED) is 0.383. The van der Waals surface area contributed by atoms with Crippen LogP contribution in [0.5, 0.6) is 0 Å². The van der Waals surface area contributed by atoms with Gasteiger partial charge in [0, 0.05) is 5.39 Å². The molecule has 0 atom stereocenters. The van der Waals surface area contributed by atoms with E-state index in [0.29, 0.717) is 5.58 Å². The van der Waals surface area contributed by atoms with Crippen LogP contribution in [0.25, 0.3) is 43.3 Å². The molecule has 0 unspecified atom stereocenters. The smallest absolute Gasteiger partial charge is 0.348 e. The van der Waals surface area contributed by atoms with Crippen LogP contribution in [0.1, 0.15) is 0 Å². The summed E-state index contributed by atoms with van der Waals surface area (Å²) in [7, 11) is 0. The summed E-state index contributed by atoms with van der Waals surface area (Å²) in [6.07, 6.45) is 0. The molecule has 88 valence electrons. The van der Waals surface area contributed by atoms with E-state index in [-0.39, 0.29) is 5.63 Å². The molecule has 0 amide bonds. The lowest BCUT2D eigenvalue weighted by molar-refractivity contribution is 0.545. The van der Waals surface area contributed by atoms with Gasteiger partial charge in [0.05, 0.1) is 0 Å². The molecule has 19 heavy (non-hydrogen) atoms. The van der Waals surface area contributed by atoms with Crippen molar-refractivity contribution >= 4 is 43.3 Å². The second kappa shape index (κ2) is 2.86. The van der Waals surface area contributed by atoms with E-state index in [9.17, 15) is 4.79 Å². The van der Waals surface area contributed by atoms with E-state index < -0.39 is 0 Å². The second-order valence-corrected chi connectivity index (χ2v) is 5.00. The monoisotopic (exact) mass is 244 g/mol. The fourth-order valence-electron chi connectivity index (χ4n) is 3.18. The number of rotatable bonds is 0. The molecule has 5 aromatic rings. The van der Waals surface area contributed by atoms with Gasteiger partial charge in [0.2, 0.25) is 0 Å². The van der Waals surface area contributed by atoms with Crippen molar-refractivity contribution in [1.29, 1.82) is 0 Å². The number of hydrogen-bond donors (Lipinski definition) is 0. The van der Waals surface area contributed by atoms with Gasteiger partial charge in [-0.25, -0.2) is 4.79 Å². The minimum atomic E-state index is -0.215. The van der Waals surface area contributed by atoms with Crippen molar-refractivity contribution in [3.63, 3.8) is 0 Å². The maximum Gasteiger partial charge on any atom is 0.348 e. The van der Waals surface area contributed by atoms with Gasteiger partial charge in [-0.3, -0.25) is 0 Å². The molecule has 0 fully saturated rings. The summed E-state index contributed by atoms with van der Waals surface area (Å²) in [6.45, 7) is 0. The normalized spacial score (nSPS) is 12.4. The summed E-state index contributed by atoms with van der Waals surface area (Å²) in [5.41, 5.74) is 0.490. The van der Waals surface area contributed by atoms with Crippen molar-refractivity contribution in [1.82, 2.24) is 0 Å². The highest BCUT2D eigenvalue weighted by molar-refractivity contribution is 6.28. The van der Waals surface area contributed by atoms with Crippen LogP contribution < -0.4 is 5.63 Å². The van der Waals surface area contributed by atoms with Gasteiger partial charge < -0.3 is 4.42 Å². The SMILES string of the molecule is O=c1oc2cc3ccc4cccc5ccc(c12)c3c45. The maximum atomic E-state index is 11.6. The zero-order valence-electron chi connectivity index (χ0n) is 9.94. The molecule has 0 aliphatic heterocycles. The van der Waals surface area contributed by atoms with Crippen LogP contribution in [-0.4, -0.2) is 0 Å². The van der Waals surface area contributed by atoms with Crippen LogP contribution in [0, 0.1) is 0 Å². The lowest BCUT2D eigenvalue weighted by Gasteiger charge is -2.12. The minimum absolute atomic E-state index is 0.215. The van der Waals surface area contributed by atoms with E-state index in [1.54, 1.807) is 0 Å². The molecule has 1 aromatic heterocycles. The Morgan fingerprint density at radius 3 is 2.26 bits per heavy atom. The Morgan fingerprint density at radius 2 is 1.47 bits per heavy atom. The number of hydrogen-bond acceptors (Lipinski definition) is 2. The molecule has 1 heterocycles. The van der Waals surface area contributed by atoms with Crippen LogP contribution >= 0.6 is 0 Å². The van der Waals surface area contributed by atoms with E-state index in [1.807, 2.05) is 12.1 Å². The predicted molar refractivity (Wildman–Crippen MR) is 77.4 cm³/mol. The van der Waals surface area contributed by atoms with Gasteiger partial charge in [-0.15, -0.1) is 0 Å². The van der Waals surface area contributed by atoms with Gasteiger partial charge >= 0.3 is 5.63 Å². The largest absolute Gasteiger partial charge is 0.422 e. The van der Waals surface area contributed by atoms with Gasteiger partial charge in [0.15, 0.2) is 0 Å². The Labute approximate surface area is 107 Å². The third-order valence-electron chi connectivity index (χ3n) is 4.02. The van der Waals surface area contributed by atoms with Crippen LogP contribution in [0.4, 0.5) is 0 Å². The van der Waals surface area contributed by atoms with Crippen LogP contribution in [0.3, 0.4) is 0 Å². The first kappa shape index (κ1) is 9.34. The van der Waals surface area contributed by atoms with E-state index in [1.165, 1.54) is 21.5 Å². The summed E-state index contributed by atoms with van der Waals surface area (Å²) in [5.74, 6) is 0. The van der Waals surface area contributed by atoms with Gasteiger partial charge in [0.1, 0.15) is 11.0 Å². The minimum Gasteiger partial charge on any atom is -0.422 e. The zero-order chi connectivity index (χ0) is 12.6. The summed E-state index contributed by atoms with van der Waals surface area (Å²) >= 11 is 0. The summed E-state index contributed by atoms with van der Waals surface area (Å²) in [6, 6.07) is 16.6. The van der Waals surface area contributed by atoms with Gasteiger partial charge in [-0.2, -0.15) is 0 Å². The standard InChI is InChI=1S/C17H8O2/c18-17-16-12-7-6-10-3-1-2-9-4-5-11(8-13(16)19-17)15(12)14(9)10/h1-8H. The molecular weight excluding hydrogens is 236 g/mol. The van der Waals surface area contributed by atoms with E-state index in [4.69, 9.17) is 4.42 Å². The molecule has 0 aliphatic carbocycles. The highest BCUT2D eigenvalue weighted by Crippen LogP contribution is 2.37. The molecular formula is C17H8O2. The van der Waals surface area contributed by atoms with Crippen molar-refractivity contribution in [3.05, 3.63) is 59.0 Å².